The standard InChI is InChI=1S/C21H23N3O5S2/c1-5-13-12(3)31-18(16(13)19(26)28-6-2)22-15(25)11-29-20(27)17-14-9-7-8-10-24(14)21(23-17)30-4/h7-10H,5-6,11H2,1-4H3,(H,22,25). The lowest BCUT2D eigenvalue weighted by molar-refractivity contribution is -0.119. The van der Waals surface area contributed by atoms with Crippen molar-refractivity contribution in [3.8, 4) is 0 Å². The number of pyridine rings is 1. The van der Waals surface area contributed by atoms with Crippen molar-refractivity contribution < 1.29 is 23.9 Å². The number of thiophene rings is 1. The van der Waals surface area contributed by atoms with Crippen molar-refractivity contribution in [1.82, 2.24) is 9.38 Å². The Morgan fingerprint density at radius 3 is 2.65 bits per heavy atom. The van der Waals surface area contributed by atoms with Crippen LogP contribution in [0.15, 0.2) is 29.6 Å². The topological polar surface area (TPSA) is 99.0 Å². The first kappa shape index (κ1) is 22.8. The highest BCUT2D eigenvalue weighted by molar-refractivity contribution is 7.98. The van der Waals surface area contributed by atoms with Gasteiger partial charge in [0.2, 0.25) is 0 Å². The summed E-state index contributed by atoms with van der Waals surface area (Å²) in [6, 6.07) is 5.40. The summed E-state index contributed by atoms with van der Waals surface area (Å²) in [6.07, 6.45) is 4.30. The Kier molecular flexibility index (Phi) is 7.34. The Balaban J connectivity index is 1.73. The van der Waals surface area contributed by atoms with Crippen LogP contribution < -0.4 is 5.32 Å². The number of thioether (sulfide) groups is 1. The average Bonchev–Trinajstić information content (AvgIpc) is 3.29. The van der Waals surface area contributed by atoms with Gasteiger partial charge in [-0.25, -0.2) is 14.6 Å². The molecule has 0 unspecified atom stereocenters. The molecule has 1 amide bonds. The van der Waals surface area contributed by atoms with E-state index in [0.717, 1.165) is 10.4 Å². The number of carbonyl (C=O) groups excluding carboxylic acids is 3. The summed E-state index contributed by atoms with van der Waals surface area (Å²) in [5.41, 5.74) is 1.94. The summed E-state index contributed by atoms with van der Waals surface area (Å²) in [5.74, 6) is -1.72. The molecular weight excluding hydrogens is 438 g/mol. The van der Waals surface area contributed by atoms with Gasteiger partial charge in [0.05, 0.1) is 17.7 Å². The van der Waals surface area contributed by atoms with Gasteiger partial charge in [-0.05, 0) is 44.2 Å². The molecule has 0 aliphatic rings. The number of aromatic nitrogens is 2. The van der Waals surface area contributed by atoms with Crippen LogP contribution in [0, 0.1) is 6.92 Å². The number of imidazole rings is 1. The molecule has 1 N–H and O–H groups in total. The lowest BCUT2D eigenvalue weighted by Gasteiger charge is -2.08. The molecule has 31 heavy (non-hydrogen) atoms. The third-order valence-electron chi connectivity index (χ3n) is 4.52. The van der Waals surface area contributed by atoms with Gasteiger partial charge in [0.1, 0.15) is 5.00 Å². The molecular formula is C21H23N3O5S2. The Labute approximate surface area is 188 Å². The fourth-order valence-electron chi connectivity index (χ4n) is 3.18. The first-order valence-electron chi connectivity index (χ1n) is 9.68. The zero-order valence-electron chi connectivity index (χ0n) is 17.7. The molecule has 0 bridgehead atoms. The van der Waals surface area contributed by atoms with Crippen molar-refractivity contribution in [2.75, 3.05) is 24.8 Å². The second-order valence-corrected chi connectivity index (χ2v) is 8.44. The maximum atomic E-state index is 12.6. The second kappa shape index (κ2) is 9.97. The maximum Gasteiger partial charge on any atom is 0.359 e. The summed E-state index contributed by atoms with van der Waals surface area (Å²) in [7, 11) is 0. The predicted molar refractivity (Wildman–Crippen MR) is 120 cm³/mol. The van der Waals surface area contributed by atoms with Crippen LogP contribution in [0.4, 0.5) is 5.00 Å². The van der Waals surface area contributed by atoms with Crippen LogP contribution in [0.2, 0.25) is 0 Å². The first-order valence-corrected chi connectivity index (χ1v) is 11.7. The molecule has 0 aromatic carbocycles. The van der Waals surface area contributed by atoms with Crippen LogP contribution in [0.3, 0.4) is 0 Å². The number of fused-ring (bicyclic) bond motifs is 1. The number of nitrogens with zero attached hydrogens (tertiary/aromatic N) is 2. The fraction of sp³-hybridized carbons (Fsp3) is 0.333. The summed E-state index contributed by atoms with van der Waals surface area (Å²) in [5, 5.41) is 3.72. The van der Waals surface area contributed by atoms with E-state index in [2.05, 4.69) is 10.3 Å². The zero-order chi connectivity index (χ0) is 22.5. The molecule has 0 aliphatic carbocycles. The molecule has 3 heterocycles. The van der Waals surface area contributed by atoms with Crippen molar-refractivity contribution in [1.29, 1.82) is 0 Å². The van der Waals surface area contributed by atoms with Crippen LogP contribution in [0.5, 0.6) is 0 Å². The van der Waals surface area contributed by atoms with Crippen LogP contribution in [-0.4, -0.2) is 46.7 Å². The minimum atomic E-state index is -0.693. The molecule has 0 spiro atoms. The molecule has 0 atom stereocenters. The molecule has 0 saturated carbocycles. The van der Waals surface area contributed by atoms with Gasteiger partial charge >= 0.3 is 11.9 Å². The van der Waals surface area contributed by atoms with Gasteiger partial charge in [-0.2, -0.15) is 0 Å². The number of nitrogens with one attached hydrogen (secondary N) is 1. The van der Waals surface area contributed by atoms with E-state index in [9.17, 15) is 14.4 Å². The minimum Gasteiger partial charge on any atom is -0.462 e. The van der Waals surface area contributed by atoms with Crippen molar-refractivity contribution in [2.45, 2.75) is 32.3 Å². The van der Waals surface area contributed by atoms with Crippen LogP contribution in [0.1, 0.15) is 45.1 Å². The largest absolute Gasteiger partial charge is 0.462 e. The molecule has 0 radical (unpaired) electrons. The van der Waals surface area contributed by atoms with Crippen LogP contribution in [-0.2, 0) is 20.7 Å². The number of amides is 1. The number of esters is 2. The highest BCUT2D eigenvalue weighted by Crippen LogP contribution is 2.34. The van der Waals surface area contributed by atoms with E-state index in [4.69, 9.17) is 9.47 Å². The van der Waals surface area contributed by atoms with E-state index < -0.39 is 24.5 Å². The Morgan fingerprint density at radius 2 is 1.97 bits per heavy atom. The normalized spacial score (nSPS) is 10.8. The van der Waals surface area contributed by atoms with Gasteiger partial charge in [-0.3, -0.25) is 9.20 Å². The number of anilines is 1. The number of hydrogen-bond acceptors (Lipinski definition) is 8. The summed E-state index contributed by atoms with van der Waals surface area (Å²) in [4.78, 5) is 42.6. The fourth-order valence-corrected chi connectivity index (χ4v) is 4.87. The van der Waals surface area contributed by atoms with Gasteiger partial charge in [0, 0.05) is 11.1 Å². The number of aryl methyl sites for hydroxylation is 1. The van der Waals surface area contributed by atoms with E-state index in [1.165, 1.54) is 23.1 Å². The Hall–Kier alpha value is -2.85. The van der Waals surface area contributed by atoms with E-state index in [1.807, 2.05) is 26.2 Å². The van der Waals surface area contributed by atoms with Gasteiger partial charge < -0.3 is 14.8 Å². The summed E-state index contributed by atoms with van der Waals surface area (Å²) in [6.45, 7) is 5.28. The molecule has 0 aliphatic heterocycles. The van der Waals surface area contributed by atoms with E-state index in [1.54, 1.807) is 29.7 Å². The van der Waals surface area contributed by atoms with Crippen molar-refractivity contribution >= 4 is 51.5 Å². The summed E-state index contributed by atoms with van der Waals surface area (Å²) < 4.78 is 12.1. The third kappa shape index (κ3) is 4.75. The molecule has 0 saturated heterocycles. The molecule has 164 valence electrons. The minimum absolute atomic E-state index is 0.144. The average molecular weight is 462 g/mol. The predicted octanol–water partition coefficient (Wildman–Crippen LogP) is 3.96. The quantitative estimate of drug-likeness (QED) is 0.400. The number of rotatable bonds is 8. The molecule has 0 fully saturated rings. The SMILES string of the molecule is CCOC(=O)c1c(NC(=O)COC(=O)c2nc(SC)n3ccccc23)sc(C)c1CC. The summed E-state index contributed by atoms with van der Waals surface area (Å²) >= 11 is 2.69. The molecule has 3 aromatic heterocycles. The van der Waals surface area contributed by atoms with Crippen LogP contribution in [0.25, 0.3) is 5.52 Å². The highest BCUT2D eigenvalue weighted by Gasteiger charge is 2.24. The van der Waals surface area contributed by atoms with Gasteiger partial charge in [0.15, 0.2) is 17.5 Å². The maximum absolute atomic E-state index is 12.6. The zero-order valence-corrected chi connectivity index (χ0v) is 19.3. The van der Waals surface area contributed by atoms with Crippen LogP contribution >= 0.6 is 23.1 Å². The van der Waals surface area contributed by atoms with Crippen molar-refractivity contribution in [3.05, 3.63) is 46.1 Å². The Morgan fingerprint density at radius 1 is 1.19 bits per heavy atom. The van der Waals surface area contributed by atoms with E-state index in [0.29, 0.717) is 27.7 Å². The Bertz CT molecular complexity index is 1140. The van der Waals surface area contributed by atoms with Gasteiger partial charge in [-0.1, -0.05) is 24.8 Å². The number of carbonyl (C=O) groups is 3. The van der Waals surface area contributed by atoms with Crippen molar-refractivity contribution in [2.24, 2.45) is 0 Å². The number of ether oxygens (including phenoxy) is 2. The highest BCUT2D eigenvalue weighted by atomic mass is 32.2. The van der Waals surface area contributed by atoms with E-state index >= 15 is 0 Å². The lowest BCUT2D eigenvalue weighted by Crippen LogP contribution is -2.22. The molecule has 3 rings (SSSR count). The van der Waals surface area contributed by atoms with Gasteiger partial charge in [-0.15, -0.1) is 11.3 Å². The number of hydrogen-bond donors (Lipinski definition) is 1. The molecule has 3 aromatic rings. The van der Waals surface area contributed by atoms with Crippen molar-refractivity contribution in [3.63, 3.8) is 0 Å². The van der Waals surface area contributed by atoms with E-state index in [-0.39, 0.29) is 12.3 Å². The second-order valence-electron chi connectivity index (χ2n) is 6.44. The smallest absolute Gasteiger partial charge is 0.359 e. The monoisotopic (exact) mass is 461 g/mol. The third-order valence-corrected chi connectivity index (χ3v) is 6.24. The molecule has 8 nitrogen and oxygen atoms in total. The lowest BCUT2D eigenvalue weighted by atomic mass is 10.1. The van der Waals surface area contributed by atoms with Gasteiger partial charge in [0.25, 0.3) is 5.91 Å². The first-order chi connectivity index (χ1) is 14.9. The molecule has 10 heteroatoms.